The van der Waals surface area contributed by atoms with Crippen molar-refractivity contribution in [1.29, 1.82) is 0 Å². The fourth-order valence-corrected chi connectivity index (χ4v) is 10.7. The number of para-hydroxylation sites is 1. The molecule has 1 aliphatic heterocycles. The van der Waals surface area contributed by atoms with E-state index in [-0.39, 0.29) is 16.2 Å². The Kier molecular flexibility index (Phi) is 12.5. The normalized spacial score (nSPS) is 13.5. The van der Waals surface area contributed by atoms with E-state index in [4.69, 9.17) is 9.72 Å². The molecule has 0 saturated heterocycles. The van der Waals surface area contributed by atoms with Gasteiger partial charge in [0.25, 0.3) is 0 Å². The predicted octanol–water partition coefficient (Wildman–Crippen LogP) is 18.1. The minimum Gasteiger partial charge on any atom is -0.457 e. The highest BCUT2D eigenvalue weighted by Crippen LogP contribution is 2.46. The minimum atomic E-state index is -0.200. The molecule has 0 saturated carbocycles. The van der Waals surface area contributed by atoms with E-state index in [9.17, 15) is 0 Å². The van der Waals surface area contributed by atoms with E-state index in [1.54, 1.807) is 0 Å². The lowest BCUT2D eigenvalue weighted by molar-refractivity contribution is 0.480. The minimum absolute atomic E-state index is 0.0413. The second-order valence-electron chi connectivity index (χ2n) is 23.0. The monoisotopic (exact) mass is 947 g/mol. The number of aromatic nitrogens is 2. The van der Waals surface area contributed by atoms with Crippen molar-refractivity contribution >= 4 is 38.9 Å². The fourth-order valence-electron chi connectivity index (χ4n) is 10.7. The molecule has 5 heteroatoms. The molecule has 72 heavy (non-hydrogen) atoms. The van der Waals surface area contributed by atoms with Gasteiger partial charge in [-0.3, -0.25) is 4.57 Å². The molecule has 0 aliphatic carbocycles. The Bertz CT molecular complexity index is 3450. The molecule has 0 spiro atoms. The van der Waals surface area contributed by atoms with Crippen LogP contribution in [0.4, 0.5) is 11.4 Å². The fraction of sp³-hybridized carbons (Fsp3) is 0.269. The van der Waals surface area contributed by atoms with Gasteiger partial charge in [0.05, 0.1) is 23.4 Å². The second-order valence-corrected chi connectivity index (χ2v) is 23.0. The summed E-state index contributed by atoms with van der Waals surface area (Å²) in [6.07, 6.45) is 4.28. The zero-order valence-electron chi connectivity index (χ0n) is 44.4. The van der Waals surface area contributed by atoms with Crippen molar-refractivity contribution in [3.8, 4) is 28.4 Å². The zero-order valence-corrected chi connectivity index (χ0v) is 44.4. The molecule has 0 N–H and O–H groups in total. The lowest BCUT2D eigenvalue weighted by atomic mass is 9.78. The quantitative estimate of drug-likeness (QED) is 0.129. The van der Waals surface area contributed by atoms with Gasteiger partial charge in [-0.2, -0.15) is 0 Å². The lowest BCUT2D eigenvalue weighted by Crippen LogP contribution is -2.27. The number of rotatable bonds is 11. The maximum Gasteiger partial charge on any atom is 0.137 e. The van der Waals surface area contributed by atoms with Crippen molar-refractivity contribution in [3.63, 3.8) is 0 Å². The first-order valence-corrected chi connectivity index (χ1v) is 25.8. The highest BCUT2D eigenvalue weighted by atomic mass is 16.5. The first-order valence-electron chi connectivity index (χ1n) is 25.8. The van der Waals surface area contributed by atoms with Crippen molar-refractivity contribution in [2.75, 3.05) is 16.5 Å². The predicted molar refractivity (Wildman–Crippen MR) is 305 cm³/mol. The number of pyridine rings is 1. The average molecular weight is 947 g/mol. The van der Waals surface area contributed by atoms with Crippen molar-refractivity contribution in [2.24, 2.45) is 0 Å². The number of nitrogens with zero attached hydrogens (tertiary/aromatic N) is 4. The van der Waals surface area contributed by atoms with Crippen LogP contribution >= 0.6 is 0 Å². The Morgan fingerprint density at radius 3 is 1.83 bits per heavy atom. The first-order chi connectivity index (χ1) is 34.4. The number of benzene rings is 7. The van der Waals surface area contributed by atoms with Crippen LogP contribution in [0.3, 0.4) is 0 Å². The van der Waals surface area contributed by atoms with Gasteiger partial charge < -0.3 is 14.5 Å². The summed E-state index contributed by atoms with van der Waals surface area (Å²) in [6, 6.07) is 62.1. The van der Waals surface area contributed by atoms with Gasteiger partial charge in [-0.1, -0.05) is 192 Å². The van der Waals surface area contributed by atoms with Gasteiger partial charge in [0.15, 0.2) is 0 Å². The topological polar surface area (TPSA) is 33.5 Å². The van der Waals surface area contributed by atoms with E-state index in [1.807, 2.05) is 6.20 Å². The van der Waals surface area contributed by atoms with Crippen molar-refractivity contribution < 1.29 is 4.74 Å². The van der Waals surface area contributed by atoms with Gasteiger partial charge in [0, 0.05) is 52.1 Å². The second kappa shape index (κ2) is 18.7. The lowest BCUT2D eigenvalue weighted by Gasteiger charge is -2.29. The van der Waals surface area contributed by atoms with Crippen LogP contribution in [-0.4, -0.2) is 16.2 Å². The smallest absolute Gasteiger partial charge is 0.137 e. The summed E-state index contributed by atoms with van der Waals surface area (Å²) in [5, 5.41) is 2.43. The van der Waals surface area contributed by atoms with Crippen molar-refractivity contribution in [1.82, 2.24) is 9.55 Å². The third-order valence-corrected chi connectivity index (χ3v) is 14.8. The van der Waals surface area contributed by atoms with Crippen LogP contribution in [0.2, 0.25) is 0 Å². The molecule has 0 bridgehead atoms. The molecule has 3 heterocycles. The third kappa shape index (κ3) is 9.11. The number of hydrogen-bond donors (Lipinski definition) is 0. The van der Waals surface area contributed by atoms with Gasteiger partial charge in [-0.05, 0) is 121 Å². The highest BCUT2D eigenvalue weighted by molar-refractivity contribution is 6.11. The molecule has 0 atom stereocenters. The van der Waals surface area contributed by atoms with Gasteiger partial charge in [0.1, 0.15) is 17.3 Å². The summed E-state index contributed by atoms with van der Waals surface area (Å²) in [5.41, 5.74) is 16.4. The first kappa shape index (κ1) is 48.3. The molecule has 7 aromatic carbocycles. The molecular formula is C67H70N4O. The average Bonchev–Trinajstić information content (AvgIpc) is 3.96. The van der Waals surface area contributed by atoms with Crippen LogP contribution in [0.25, 0.3) is 44.4 Å². The Morgan fingerprint density at radius 2 is 1.15 bits per heavy atom. The molecule has 9 aromatic rings. The Morgan fingerprint density at radius 1 is 0.514 bits per heavy atom. The molecule has 0 unspecified atom stereocenters. The van der Waals surface area contributed by atoms with Crippen molar-refractivity contribution in [3.05, 3.63) is 221 Å². The number of anilines is 2. The molecule has 0 radical (unpaired) electrons. The molecular weight excluding hydrogens is 877 g/mol. The zero-order chi connectivity index (χ0) is 50.7. The van der Waals surface area contributed by atoms with Gasteiger partial charge >= 0.3 is 0 Å². The number of fused-ring (bicyclic) bond motifs is 3. The number of ether oxygens (including phenoxy) is 1. The molecule has 2 aromatic heterocycles. The van der Waals surface area contributed by atoms with Gasteiger partial charge in [-0.15, -0.1) is 0 Å². The molecule has 1 aliphatic rings. The molecule has 0 amide bonds. The van der Waals surface area contributed by atoms with Crippen LogP contribution < -0.4 is 14.5 Å². The maximum atomic E-state index is 7.37. The Labute approximate surface area is 428 Å². The van der Waals surface area contributed by atoms with Gasteiger partial charge in [-0.25, -0.2) is 4.98 Å². The van der Waals surface area contributed by atoms with Crippen LogP contribution in [0.5, 0.6) is 11.5 Å². The van der Waals surface area contributed by atoms with E-state index in [1.165, 1.54) is 49.7 Å². The number of hydrogen-bond acceptors (Lipinski definition) is 4. The molecule has 0 fully saturated rings. The summed E-state index contributed by atoms with van der Waals surface area (Å²) in [4.78, 5) is 9.90. The molecule has 364 valence electrons. The van der Waals surface area contributed by atoms with E-state index in [0.29, 0.717) is 18.5 Å². The highest BCUT2D eigenvalue weighted by Gasteiger charge is 2.30. The largest absolute Gasteiger partial charge is 0.457 e. The van der Waals surface area contributed by atoms with E-state index in [0.717, 1.165) is 56.5 Å². The Hall–Kier alpha value is -7.37. The summed E-state index contributed by atoms with van der Waals surface area (Å²) >= 11 is 0. The van der Waals surface area contributed by atoms with Crippen LogP contribution in [0.15, 0.2) is 182 Å². The summed E-state index contributed by atoms with van der Waals surface area (Å²) in [7, 11) is 0. The van der Waals surface area contributed by atoms with Crippen LogP contribution in [-0.2, 0) is 16.2 Å². The SMILES string of the molecule is CC(C)c1cccc(C(C)C)c1-c1cc(Oc2cc(C(C)(C)C)c3c4ccccc4n(-c4cc(C(C)(C)C)ccn4)c3c2)cc(N2C=C(c3ccccc3)N(c3cccc(C(C)(C)c4ccccc4)c3)C2)c1. The van der Waals surface area contributed by atoms with Crippen LogP contribution in [0, 0.1) is 0 Å². The van der Waals surface area contributed by atoms with E-state index >= 15 is 0 Å². The Balaban J connectivity index is 1.16. The van der Waals surface area contributed by atoms with E-state index < -0.39 is 0 Å². The van der Waals surface area contributed by atoms with Gasteiger partial charge in [0.2, 0.25) is 0 Å². The van der Waals surface area contributed by atoms with E-state index in [2.05, 4.69) is 274 Å². The van der Waals surface area contributed by atoms with Crippen molar-refractivity contribution in [2.45, 2.75) is 111 Å². The molecule has 10 rings (SSSR count). The summed E-state index contributed by atoms with van der Waals surface area (Å²) < 4.78 is 9.71. The standard InChI is InChI=1S/C67H70N4O/c1-44(2)55-30-22-31-56(45(3)4)63(55)47-35-52(69-42-61(46-23-15-13-16-24-46)70(43-69)51-28-21-27-50(37-51)67(11,12)48-25-17-14-18-26-48)39-53(36-47)72-54-40-58(66(8,9)10)64-57-29-19-20-32-59(57)71(60(64)41-54)62-38-49(33-34-68-62)65(5,6)7/h13-42,44-45H,43H2,1-12H3. The molecule has 5 nitrogen and oxygen atoms in total. The maximum absolute atomic E-state index is 7.37. The summed E-state index contributed by atoms with van der Waals surface area (Å²) in [5.74, 6) is 3.10. The third-order valence-electron chi connectivity index (χ3n) is 14.8. The summed E-state index contributed by atoms with van der Waals surface area (Å²) in [6.45, 7) is 28.2. The van der Waals surface area contributed by atoms with Crippen LogP contribution in [0.1, 0.15) is 134 Å².